The van der Waals surface area contributed by atoms with Gasteiger partial charge in [-0.3, -0.25) is 9.59 Å². The maximum absolute atomic E-state index is 12.4. The predicted molar refractivity (Wildman–Crippen MR) is 99.1 cm³/mol. The Morgan fingerprint density at radius 2 is 1.70 bits per heavy atom. The number of carbonyl (C=O) groups is 3. The molecule has 1 aliphatic rings. The van der Waals surface area contributed by atoms with Crippen molar-refractivity contribution in [2.24, 2.45) is 0 Å². The van der Waals surface area contributed by atoms with Crippen LogP contribution in [0.25, 0.3) is 0 Å². The van der Waals surface area contributed by atoms with Crippen LogP contribution in [0, 0.1) is 0 Å². The largest absolute Gasteiger partial charge is 0.482 e. The van der Waals surface area contributed by atoms with Crippen molar-refractivity contribution in [3.63, 3.8) is 0 Å². The molecule has 7 nitrogen and oxygen atoms in total. The predicted octanol–water partition coefficient (Wildman–Crippen LogP) is 2.64. The topological polar surface area (TPSA) is 95.9 Å². The average Bonchev–Trinajstić information content (AvgIpc) is 3.21. The third-order valence-electron chi connectivity index (χ3n) is 4.24. The molecule has 0 spiro atoms. The number of nitrogens with zero attached hydrogens (tertiary/aromatic N) is 1. The van der Waals surface area contributed by atoms with Crippen molar-refractivity contribution in [1.82, 2.24) is 4.90 Å². The second-order valence-electron chi connectivity index (χ2n) is 6.24. The van der Waals surface area contributed by atoms with E-state index < -0.39 is 12.6 Å². The first-order chi connectivity index (χ1) is 13.0. The summed E-state index contributed by atoms with van der Waals surface area (Å²) in [7, 11) is 0. The van der Waals surface area contributed by atoms with Crippen molar-refractivity contribution in [1.29, 1.82) is 0 Å². The molecule has 1 saturated heterocycles. The van der Waals surface area contributed by atoms with Gasteiger partial charge in [0.2, 0.25) is 0 Å². The normalized spacial score (nSPS) is 13.3. The number of likely N-dealkylation sites (tertiary alicyclic amines) is 1. The third kappa shape index (κ3) is 4.84. The van der Waals surface area contributed by atoms with Crippen LogP contribution in [0.4, 0.5) is 5.69 Å². The number of aliphatic carboxylic acids is 1. The van der Waals surface area contributed by atoms with Gasteiger partial charge >= 0.3 is 5.97 Å². The van der Waals surface area contributed by atoms with Gasteiger partial charge in [0.05, 0.1) is 0 Å². The molecule has 0 bridgehead atoms. The van der Waals surface area contributed by atoms with Gasteiger partial charge in [-0.1, -0.05) is 6.07 Å². The van der Waals surface area contributed by atoms with Crippen molar-refractivity contribution >= 4 is 23.5 Å². The quantitative estimate of drug-likeness (QED) is 0.817. The Morgan fingerprint density at radius 1 is 1.00 bits per heavy atom. The fourth-order valence-corrected chi connectivity index (χ4v) is 2.87. The second kappa shape index (κ2) is 8.35. The number of carboxylic acids is 1. The standard InChI is InChI=1S/C20H20N2O5/c23-18(24)13-27-17-5-3-4-15(12-17)19(25)21-16-8-6-14(7-9-16)20(26)22-10-1-2-11-22/h3-9,12H,1-2,10-11,13H2,(H,21,25)(H,23,24). The fourth-order valence-electron chi connectivity index (χ4n) is 2.87. The molecule has 1 fully saturated rings. The number of benzene rings is 2. The van der Waals surface area contributed by atoms with Crippen LogP contribution in [0.15, 0.2) is 48.5 Å². The van der Waals surface area contributed by atoms with E-state index in [1.165, 1.54) is 6.07 Å². The van der Waals surface area contributed by atoms with Gasteiger partial charge in [0.15, 0.2) is 6.61 Å². The number of carboxylic acid groups (broad SMARTS) is 1. The van der Waals surface area contributed by atoms with Crippen molar-refractivity contribution in [3.8, 4) is 5.75 Å². The second-order valence-corrected chi connectivity index (χ2v) is 6.24. The number of hydrogen-bond donors (Lipinski definition) is 2. The van der Waals surface area contributed by atoms with Crippen LogP contribution >= 0.6 is 0 Å². The molecule has 7 heteroatoms. The highest BCUT2D eigenvalue weighted by Gasteiger charge is 2.19. The van der Waals surface area contributed by atoms with E-state index >= 15 is 0 Å². The van der Waals surface area contributed by atoms with Gasteiger partial charge in [-0.25, -0.2) is 4.79 Å². The fraction of sp³-hybridized carbons (Fsp3) is 0.250. The summed E-state index contributed by atoms with van der Waals surface area (Å²) in [6.07, 6.45) is 2.07. The van der Waals surface area contributed by atoms with Crippen LogP contribution in [-0.4, -0.2) is 47.5 Å². The molecular weight excluding hydrogens is 348 g/mol. The van der Waals surface area contributed by atoms with E-state index in [1.54, 1.807) is 42.5 Å². The first-order valence-corrected chi connectivity index (χ1v) is 8.68. The van der Waals surface area contributed by atoms with Crippen LogP contribution in [0.1, 0.15) is 33.6 Å². The van der Waals surface area contributed by atoms with E-state index in [1.807, 2.05) is 4.90 Å². The number of ether oxygens (including phenoxy) is 1. The van der Waals surface area contributed by atoms with Gasteiger partial charge in [-0.15, -0.1) is 0 Å². The monoisotopic (exact) mass is 368 g/mol. The Kier molecular flexibility index (Phi) is 5.71. The SMILES string of the molecule is O=C(O)COc1cccc(C(=O)Nc2ccc(C(=O)N3CCCC3)cc2)c1. The minimum absolute atomic E-state index is 0.00802. The molecule has 2 N–H and O–H groups in total. The number of anilines is 1. The molecule has 140 valence electrons. The first kappa shape index (κ1) is 18.4. The van der Waals surface area contributed by atoms with E-state index in [4.69, 9.17) is 9.84 Å². The highest BCUT2D eigenvalue weighted by molar-refractivity contribution is 6.04. The lowest BCUT2D eigenvalue weighted by Crippen LogP contribution is -2.27. The van der Waals surface area contributed by atoms with Gasteiger partial charge in [0, 0.05) is 29.9 Å². The summed E-state index contributed by atoms with van der Waals surface area (Å²) in [5.74, 6) is -1.13. The molecule has 0 aromatic heterocycles. The summed E-state index contributed by atoms with van der Waals surface area (Å²) in [5, 5.41) is 11.4. The molecule has 0 unspecified atom stereocenters. The first-order valence-electron chi connectivity index (χ1n) is 8.68. The van der Waals surface area contributed by atoms with Crippen LogP contribution in [0.2, 0.25) is 0 Å². The number of amides is 2. The van der Waals surface area contributed by atoms with Gasteiger partial charge in [-0.05, 0) is 55.3 Å². The Hall–Kier alpha value is -3.35. The third-order valence-corrected chi connectivity index (χ3v) is 4.24. The molecule has 1 aliphatic heterocycles. The van der Waals surface area contributed by atoms with Crippen LogP contribution < -0.4 is 10.1 Å². The highest BCUT2D eigenvalue weighted by Crippen LogP contribution is 2.18. The highest BCUT2D eigenvalue weighted by atomic mass is 16.5. The van der Waals surface area contributed by atoms with E-state index in [0.29, 0.717) is 22.6 Å². The summed E-state index contributed by atoms with van der Waals surface area (Å²) >= 11 is 0. The Morgan fingerprint density at radius 3 is 2.37 bits per heavy atom. The summed E-state index contributed by atoms with van der Waals surface area (Å²) in [6, 6.07) is 13.0. The van der Waals surface area contributed by atoms with Crippen LogP contribution in [0.5, 0.6) is 5.75 Å². The van der Waals surface area contributed by atoms with Gasteiger partial charge in [-0.2, -0.15) is 0 Å². The Bertz CT molecular complexity index is 842. The zero-order chi connectivity index (χ0) is 19.2. The molecule has 2 amide bonds. The molecule has 0 atom stereocenters. The van der Waals surface area contributed by atoms with E-state index in [0.717, 1.165) is 25.9 Å². The Labute approximate surface area is 156 Å². The van der Waals surface area contributed by atoms with Crippen molar-refractivity contribution < 1.29 is 24.2 Å². The summed E-state index contributed by atoms with van der Waals surface area (Å²) in [6.45, 7) is 1.10. The van der Waals surface area contributed by atoms with Crippen molar-refractivity contribution in [2.75, 3.05) is 25.0 Å². The molecule has 3 rings (SSSR count). The summed E-state index contributed by atoms with van der Waals surface area (Å²) in [5.41, 5.74) is 1.50. The van der Waals surface area contributed by atoms with Crippen molar-refractivity contribution in [2.45, 2.75) is 12.8 Å². The van der Waals surface area contributed by atoms with Gasteiger partial charge in [0.25, 0.3) is 11.8 Å². The summed E-state index contributed by atoms with van der Waals surface area (Å²) < 4.78 is 5.08. The molecule has 2 aromatic rings. The molecule has 2 aromatic carbocycles. The molecule has 27 heavy (non-hydrogen) atoms. The smallest absolute Gasteiger partial charge is 0.341 e. The number of rotatable bonds is 6. The molecule has 1 heterocycles. The minimum Gasteiger partial charge on any atom is -0.482 e. The van der Waals surface area contributed by atoms with Crippen molar-refractivity contribution in [3.05, 3.63) is 59.7 Å². The number of hydrogen-bond acceptors (Lipinski definition) is 4. The lowest BCUT2D eigenvalue weighted by Gasteiger charge is -2.15. The molecule has 0 radical (unpaired) electrons. The Balaban J connectivity index is 1.63. The number of carbonyl (C=O) groups excluding carboxylic acids is 2. The van der Waals surface area contributed by atoms with Crippen LogP contribution in [-0.2, 0) is 4.79 Å². The number of nitrogens with one attached hydrogen (secondary N) is 1. The van der Waals surface area contributed by atoms with E-state index in [9.17, 15) is 14.4 Å². The zero-order valence-corrected chi connectivity index (χ0v) is 14.7. The van der Waals surface area contributed by atoms with E-state index in [2.05, 4.69) is 5.32 Å². The zero-order valence-electron chi connectivity index (χ0n) is 14.7. The van der Waals surface area contributed by atoms with E-state index in [-0.39, 0.29) is 11.8 Å². The average molecular weight is 368 g/mol. The van der Waals surface area contributed by atoms with Gasteiger partial charge in [0.1, 0.15) is 5.75 Å². The lowest BCUT2D eigenvalue weighted by atomic mass is 10.1. The van der Waals surface area contributed by atoms with Gasteiger partial charge < -0.3 is 20.1 Å². The lowest BCUT2D eigenvalue weighted by molar-refractivity contribution is -0.139. The molecule has 0 aliphatic carbocycles. The summed E-state index contributed by atoms with van der Waals surface area (Å²) in [4.78, 5) is 37.1. The minimum atomic E-state index is -1.09. The van der Waals surface area contributed by atoms with Crippen LogP contribution in [0.3, 0.4) is 0 Å². The molecule has 0 saturated carbocycles. The maximum Gasteiger partial charge on any atom is 0.341 e. The maximum atomic E-state index is 12.4. The molecular formula is C20H20N2O5.